The van der Waals surface area contributed by atoms with E-state index in [2.05, 4.69) is 44.7 Å². The normalized spacial score (nSPS) is 13.7. The van der Waals surface area contributed by atoms with Gasteiger partial charge in [0.15, 0.2) is 0 Å². The van der Waals surface area contributed by atoms with E-state index in [-0.39, 0.29) is 17.6 Å². The van der Waals surface area contributed by atoms with Crippen LogP contribution in [0.3, 0.4) is 0 Å². The van der Waals surface area contributed by atoms with Gasteiger partial charge in [-0.3, -0.25) is 4.79 Å². The van der Waals surface area contributed by atoms with Crippen molar-refractivity contribution < 1.29 is 9.18 Å². The van der Waals surface area contributed by atoms with Gasteiger partial charge in [0.25, 0.3) is 0 Å². The minimum atomic E-state index is -0.322. The zero-order valence-electron chi connectivity index (χ0n) is 18.7. The van der Waals surface area contributed by atoms with Crippen molar-refractivity contribution in [1.82, 2.24) is 15.3 Å². The van der Waals surface area contributed by atoms with Gasteiger partial charge in [0.1, 0.15) is 11.6 Å². The first-order valence-corrected chi connectivity index (χ1v) is 11.6. The second kappa shape index (κ2) is 12.7. The molecule has 170 valence electrons. The van der Waals surface area contributed by atoms with Crippen molar-refractivity contribution in [3.63, 3.8) is 0 Å². The lowest BCUT2D eigenvalue weighted by Gasteiger charge is -2.20. The minimum Gasteiger partial charge on any atom is -0.369 e. The highest BCUT2D eigenvalue weighted by Crippen LogP contribution is 2.23. The van der Waals surface area contributed by atoms with Crippen LogP contribution >= 0.6 is 0 Å². The fraction of sp³-hybridized carbons (Fsp3) is 0.480. The number of halogens is 1. The third kappa shape index (κ3) is 7.52. The average molecular weight is 438 g/mol. The SMILES string of the molecule is CCCNc1nc(Nc2cccc(F)c2)ncc1C#CCCCNC(=O)C1CCCCC1. The molecule has 1 saturated carbocycles. The predicted molar refractivity (Wildman–Crippen MR) is 126 cm³/mol. The number of hydrogen-bond acceptors (Lipinski definition) is 5. The van der Waals surface area contributed by atoms with Gasteiger partial charge in [-0.05, 0) is 43.9 Å². The largest absolute Gasteiger partial charge is 0.369 e. The monoisotopic (exact) mass is 437 g/mol. The summed E-state index contributed by atoms with van der Waals surface area (Å²) in [6.45, 7) is 3.49. The number of aromatic nitrogens is 2. The zero-order valence-corrected chi connectivity index (χ0v) is 18.7. The Bertz CT molecular complexity index is 947. The lowest BCUT2D eigenvalue weighted by atomic mass is 9.89. The number of hydrogen-bond donors (Lipinski definition) is 3. The van der Waals surface area contributed by atoms with Crippen LogP contribution in [-0.4, -0.2) is 29.0 Å². The molecule has 1 aromatic carbocycles. The number of amides is 1. The second-order valence-electron chi connectivity index (χ2n) is 8.05. The average Bonchev–Trinajstić information content (AvgIpc) is 2.81. The summed E-state index contributed by atoms with van der Waals surface area (Å²) in [5, 5.41) is 9.35. The van der Waals surface area contributed by atoms with Crippen molar-refractivity contribution in [1.29, 1.82) is 0 Å². The van der Waals surface area contributed by atoms with E-state index in [1.807, 2.05) is 0 Å². The van der Waals surface area contributed by atoms with E-state index < -0.39 is 0 Å². The molecule has 3 rings (SSSR count). The zero-order chi connectivity index (χ0) is 22.6. The molecule has 1 aromatic heterocycles. The van der Waals surface area contributed by atoms with Crippen molar-refractivity contribution in [2.45, 2.75) is 58.3 Å². The van der Waals surface area contributed by atoms with Crippen LogP contribution in [0.2, 0.25) is 0 Å². The van der Waals surface area contributed by atoms with Crippen LogP contribution in [0.1, 0.15) is 63.9 Å². The summed E-state index contributed by atoms with van der Waals surface area (Å²) in [5.41, 5.74) is 1.30. The fourth-order valence-corrected chi connectivity index (χ4v) is 3.66. The second-order valence-corrected chi connectivity index (χ2v) is 8.05. The number of nitrogens with zero attached hydrogens (tertiary/aromatic N) is 2. The molecule has 2 aromatic rings. The van der Waals surface area contributed by atoms with Gasteiger partial charge < -0.3 is 16.0 Å². The molecule has 1 aliphatic rings. The molecule has 0 spiro atoms. The standard InChI is InChI=1S/C25H32FN5O/c1-2-15-27-23-20(18-29-25(31-23)30-22-14-9-13-21(26)17-22)12-7-4-8-16-28-24(32)19-10-5-3-6-11-19/h9,13-14,17-19H,2-6,8,10-11,15-16H2,1H3,(H,28,32)(H2,27,29,30,31). The van der Waals surface area contributed by atoms with Crippen LogP contribution in [0, 0.1) is 23.6 Å². The molecule has 0 saturated heterocycles. The molecule has 1 heterocycles. The molecule has 0 aliphatic heterocycles. The summed E-state index contributed by atoms with van der Waals surface area (Å²) in [5.74, 6) is 7.39. The molecule has 7 heteroatoms. The molecule has 0 bridgehead atoms. The van der Waals surface area contributed by atoms with Crippen molar-refractivity contribution in [2.24, 2.45) is 5.92 Å². The van der Waals surface area contributed by atoms with Gasteiger partial charge in [-0.15, -0.1) is 0 Å². The van der Waals surface area contributed by atoms with Gasteiger partial charge in [0.2, 0.25) is 11.9 Å². The summed E-state index contributed by atoms with van der Waals surface area (Å²) in [6, 6.07) is 6.17. The van der Waals surface area contributed by atoms with Crippen molar-refractivity contribution in [2.75, 3.05) is 23.7 Å². The van der Waals surface area contributed by atoms with Gasteiger partial charge in [0, 0.05) is 31.1 Å². The highest BCUT2D eigenvalue weighted by molar-refractivity contribution is 5.78. The van der Waals surface area contributed by atoms with E-state index in [1.54, 1.807) is 18.3 Å². The van der Waals surface area contributed by atoms with Gasteiger partial charge >= 0.3 is 0 Å². The number of carbonyl (C=O) groups is 1. The molecule has 32 heavy (non-hydrogen) atoms. The van der Waals surface area contributed by atoms with Gasteiger partial charge in [-0.2, -0.15) is 4.98 Å². The molecule has 1 aliphatic carbocycles. The Morgan fingerprint density at radius 2 is 2.06 bits per heavy atom. The summed E-state index contributed by atoms with van der Waals surface area (Å²) in [7, 11) is 0. The molecule has 0 radical (unpaired) electrons. The Balaban J connectivity index is 1.53. The Morgan fingerprint density at radius 1 is 1.22 bits per heavy atom. The molecule has 3 N–H and O–H groups in total. The van der Waals surface area contributed by atoms with Gasteiger partial charge in [0.05, 0.1) is 11.8 Å². The van der Waals surface area contributed by atoms with Gasteiger partial charge in [-0.1, -0.05) is 44.1 Å². The Hall–Kier alpha value is -3.14. The maximum atomic E-state index is 13.4. The first-order chi connectivity index (χ1) is 15.7. The minimum absolute atomic E-state index is 0.193. The van der Waals surface area contributed by atoms with Crippen molar-refractivity contribution in [3.05, 3.63) is 41.8 Å². The maximum absolute atomic E-state index is 13.4. The molecular weight excluding hydrogens is 405 g/mol. The molecule has 0 atom stereocenters. The lowest BCUT2D eigenvalue weighted by Crippen LogP contribution is -2.32. The van der Waals surface area contributed by atoms with E-state index in [0.29, 0.717) is 30.4 Å². The van der Waals surface area contributed by atoms with Gasteiger partial charge in [-0.25, -0.2) is 9.37 Å². The van der Waals surface area contributed by atoms with Crippen molar-refractivity contribution in [3.8, 4) is 11.8 Å². The number of nitrogens with one attached hydrogen (secondary N) is 3. The maximum Gasteiger partial charge on any atom is 0.229 e. The molecular formula is C25H32FN5O. The molecule has 6 nitrogen and oxygen atoms in total. The van der Waals surface area contributed by atoms with E-state index in [4.69, 9.17) is 0 Å². The lowest BCUT2D eigenvalue weighted by molar-refractivity contribution is -0.125. The summed E-state index contributed by atoms with van der Waals surface area (Å²) >= 11 is 0. The number of unbranched alkanes of at least 4 members (excludes halogenated alkanes) is 1. The smallest absolute Gasteiger partial charge is 0.229 e. The van der Waals surface area contributed by atoms with E-state index >= 15 is 0 Å². The molecule has 0 unspecified atom stereocenters. The van der Waals surface area contributed by atoms with Crippen LogP contribution < -0.4 is 16.0 Å². The van der Waals surface area contributed by atoms with Crippen molar-refractivity contribution >= 4 is 23.4 Å². The van der Waals surface area contributed by atoms with Crippen LogP contribution in [0.15, 0.2) is 30.5 Å². The topological polar surface area (TPSA) is 78.9 Å². The quantitative estimate of drug-likeness (QED) is 0.380. The number of anilines is 3. The molecule has 1 amide bonds. The highest BCUT2D eigenvalue weighted by Gasteiger charge is 2.20. The summed E-state index contributed by atoms with van der Waals surface area (Å²) in [4.78, 5) is 21.0. The number of rotatable bonds is 9. The van der Waals surface area contributed by atoms with E-state index in [9.17, 15) is 9.18 Å². The summed E-state index contributed by atoms with van der Waals surface area (Å²) < 4.78 is 13.4. The van der Waals surface area contributed by atoms with Crippen LogP contribution in [0.25, 0.3) is 0 Å². The Morgan fingerprint density at radius 3 is 2.84 bits per heavy atom. The van der Waals surface area contributed by atoms with Crippen LogP contribution in [0.5, 0.6) is 0 Å². The third-order valence-electron chi connectivity index (χ3n) is 5.39. The summed E-state index contributed by atoms with van der Waals surface area (Å²) in [6.07, 6.45) is 9.72. The number of benzene rings is 1. The van der Waals surface area contributed by atoms with E-state index in [1.165, 1.54) is 18.6 Å². The third-order valence-corrected chi connectivity index (χ3v) is 5.39. The van der Waals surface area contributed by atoms with Crippen LogP contribution in [-0.2, 0) is 4.79 Å². The first kappa shape index (κ1) is 23.5. The number of carbonyl (C=O) groups excluding carboxylic acids is 1. The predicted octanol–water partition coefficient (Wildman–Crippen LogP) is 5.01. The fourth-order valence-electron chi connectivity index (χ4n) is 3.66. The highest BCUT2D eigenvalue weighted by atomic mass is 19.1. The van der Waals surface area contributed by atoms with E-state index in [0.717, 1.165) is 50.6 Å². The van der Waals surface area contributed by atoms with Crippen LogP contribution in [0.4, 0.5) is 21.8 Å². The first-order valence-electron chi connectivity index (χ1n) is 11.6. The Labute approximate surface area is 189 Å². The Kier molecular flexibility index (Phi) is 9.30. The molecule has 1 fully saturated rings.